The van der Waals surface area contributed by atoms with Crippen LogP contribution in [0.1, 0.15) is 5.56 Å². The van der Waals surface area contributed by atoms with Crippen LogP contribution in [0.5, 0.6) is 5.75 Å². The minimum Gasteiger partial charge on any atom is -0.497 e. The average molecular weight is 239 g/mol. The smallest absolute Gasteiger partial charge is 0.120 e. The summed E-state index contributed by atoms with van der Waals surface area (Å²) in [6, 6.07) is 14.0. The molecule has 1 heterocycles. The van der Waals surface area contributed by atoms with Crippen LogP contribution >= 0.6 is 11.3 Å². The highest BCUT2D eigenvalue weighted by molar-refractivity contribution is 7.25. The van der Waals surface area contributed by atoms with Crippen molar-refractivity contribution in [2.24, 2.45) is 0 Å². The molecule has 3 aromatic rings. The summed E-state index contributed by atoms with van der Waals surface area (Å²) >= 11 is 1.69. The van der Waals surface area contributed by atoms with Crippen molar-refractivity contribution in [1.82, 2.24) is 0 Å². The summed E-state index contributed by atoms with van der Waals surface area (Å²) in [7, 11) is 1.67. The number of rotatable bonds is 1. The first-order valence-electron chi connectivity index (χ1n) is 5.22. The zero-order chi connectivity index (χ0) is 11.8. The van der Waals surface area contributed by atoms with Gasteiger partial charge in [0.2, 0.25) is 0 Å². The molecular weight excluding hydrogens is 230 g/mol. The fourth-order valence-corrected chi connectivity index (χ4v) is 3.13. The Bertz CT molecular complexity index is 752. The van der Waals surface area contributed by atoms with Gasteiger partial charge in [-0.25, -0.2) is 0 Å². The second kappa shape index (κ2) is 3.76. The number of fused-ring (bicyclic) bond motifs is 3. The van der Waals surface area contributed by atoms with Gasteiger partial charge < -0.3 is 4.74 Å². The van der Waals surface area contributed by atoms with Gasteiger partial charge in [-0.1, -0.05) is 6.07 Å². The SMILES string of the molecule is COc1ccc2c(c1)sc1cc(C#N)ccc12. The first kappa shape index (κ1) is 10.1. The third-order valence-electron chi connectivity index (χ3n) is 2.81. The number of ether oxygens (including phenoxy) is 1. The van der Waals surface area contributed by atoms with Crippen molar-refractivity contribution in [2.75, 3.05) is 7.11 Å². The van der Waals surface area contributed by atoms with Crippen LogP contribution in [-0.4, -0.2) is 7.11 Å². The summed E-state index contributed by atoms with van der Waals surface area (Å²) in [6.07, 6.45) is 0. The fourth-order valence-electron chi connectivity index (χ4n) is 1.95. The van der Waals surface area contributed by atoms with E-state index in [1.807, 2.05) is 30.3 Å². The second-order valence-electron chi connectivity index (χ2n) is 3.79. The molecule has 0 bridgehead atoms. The summed E-state index contributed by atoms with van der Waals surface area (Å²) in [6.45, 7) is 0. The van der Waals surface area contributed by atoms with Crippen molar-refractivity contribution in [2.45, 2.75) is 0 Å². The molecule has 0 fully saturated rings. The molecule has 3 rings (SSSR count). The van der Waals surface area contributed by atoms with E-state index < -0.39 is 0 Å². The molecule has 0 amide bonds. The molecule has 2 nitrogen and oxygen atoms in total. The maximum Gasteiger partial charge on any atom is 0.120 e. The van der Waals surface area contributed by atoms with Gasteiger partial charge in [-0.2, -0.15) is 5.26 Å². The van der Waals surface area contributed by atoms with Gasteiger partial charge in [-0.05, 0) is 30.3 Å². The van der Waals surface area contributed by atoms with Crippen molar-refractivity contribution in [3.63, 3.8) is 0 Å². The monoisotopic (exact) mass is 239 g/mol. The lowest BCUT2D eigenvalue weighted by molar-refractivity contribution is 0.415. The number of methoxy groups -OCH3 is 1. The zero-order valence-electron chi connectivity index (χ0n) is 9.23. The molecule has 0 atom stereocenters. The molecule has 0 unspecified atom stereocenters. The van der Waals surface area contributed by atoms with Gasteiger partial charge in [0.1, 0.15) is 5.75 Å². The third-order valence-corrected chi connectivity index (χ3v) is 3.92. The van der Waals surface area contributed by atoms with Gasteiger partial charge in [-0.3, -0.25) is 0 Å². The van der Waals surface area contributed by atoms with Crippen molar-refractivity contribution in [3.8, 4) is 11.8 Å². The molecule has 17 heavy (non-hydrogen) atoms. The number of benzene rings is 2. The first-order valence-corrected chi connectivity index (χ1v) is 6.04. The molecule has 3 heteroatoms. The molecule has 0 aliphatic rings. The normalized spacial score (nSPS) is 10.6. The number of hydrogen-bond donors (Lipinski definition) is 0. The molecule has 1 aromatic heterocycles. The van der Waals surface area contributed by atoms with E-state index in [0.29, 0.717) is 5.56 Å². The zero-order valence-corrected chi connectivity index (χ0v) is 10.0. The quantitative estimate of drug-likeness (QED) is 0.644. The second-order valence-corrected chi connectivity index (χ2v) is 4.87. The van der Waals surface area contributed by atoms with Crippen molar-refractivity contribution >= 4 is 31.5 Å². The summed E-state index contributed by atoms with van der Waals surface area (Å²) in [4.78, 5) is 0. The molecule has 0 aliphatic carbocycles. The molecule has 0 N–H and O–H groups in total. The van der Waals surface area contributed by atoms with Gasteiger partial charge in [0.25, 0.3) is 0 Å². The Balaban J connectivity index is 2.37. The molecule has 0 radical (unpaired) electrons. The van der Waals surface area contributed by atoms with E-state index in [2.05, 4.69) is 12.1 Å². The van der Waals surface area contributed by atoms with Crippen LogP contribution in [0.25, 0.3) is 20.2 Å². The van der Waals surface area contributed by atoms with Crippen molar-refractivity contribution in [1.29, 1.82) is 5.26 Å². The molecule has 0 saturated heterocycles. The predicted molar refractivity (Wildman–Crippen MR) is 70.6 cm³/mol. The Labute approximate surface area is 103 Å². The number of thiophene rings is 1. The molecule has 2 aromatic carbocycles. The van der Waals surface area contributed by atoms with E-state index in [9.17, 15) is 0 Å². The van der Waals surface area contributed by atoms with E-state index in [0.717, 1.165) is 10.4 Å². The maximum absolute atomic E-state index is 8.89. The molecule has 0 aliphatic heterocycles. The largest absolute Gasteiger partial charge is 0.497 e. The Hall–Kier alpha value is -2.05. The molecule has 0 saturated carbocycles. The van der Waals surface area contributed by atoms with Crippen molar-refractivity contribution < 1.29 is 4.74 Å². The van der Waals surface area contributed by atoms with Crippen LogP contribution in [0, 0.1) is 11.3 Å². The maximum atomic E-state index is 8.89. The van der Waals surface area contributed by atoms with E-state index >= 15 is 0 Å². The van der Waals surface area contributed by atoms with Crippen LogP contribution in [-0.2, 0) is 0 Å². The summed E-state index contributed by atoms with van der Waals surface area (Å²) in [5, 5.41) is 11.3. The summed E-state index contributed by atoms with van der Waals surface area (Å²) < 4.78 is 7.55. The summed E-state index contributed by atoms with van der Waals surface area (Å²) in [5.74, 6) is 0.865. The van der Waals surface area contributed by atoms with Gasteiger partial charge in [0.05, 0.1) is 18.7 Å². The molecule has 0 spiro atoms. The van der Waals surface area contributed by atoms with Crippen LogP contribution in [0.15, 0.2) is 36.4 Å². The van der Waals surface area contributed by atoms with Crippen LogP contribution in [0.2, 0.25) is 0 Å². The number of nitriles is 1. The minimum atomic E-state index is 0.705. The third kappa shape index (κ3) is 1.54. The van der Waals surface area contributed by atoms with E-state index in [-0.39, 0.29) is 0 Å². The van der Waals surface area contributed by atoms with Crippen LogP contribution < -0.4 is 4.74 Å². The first-order chi connectivity index (χ1) is 8.31. The van der Waals surface area contributed by atoms with Crippen molar-refractivity contribution in [3.05, 3.63) is 42.0 Å². The predicted octanol–water partition coefficient (Wildman–Crippen LogP) is 3.93. The molecule has 82 valence electrons. The summed E-state index contributed by atoms with van der Waals surface area (Å²) in [5.41, 5.74) is 0.705. The minimum absolute atomic E-state index is 0.705. The van der Waals surface area contributed by atoms with Gasteiger partial charge in [-0.15, -0.1) is 11.3 Å². The van der Waals surface area contributed by atoms with E-state index in [1.54, 1.807) is 18.4 Å². The van der Waals surface area contributed by atoms with E-state index in [4.69, 9.17) is 10.00 Å². The highest BCUT2D eigenvalue weighted by Crippen LogP contribution is 2.36. The Morgan fingerprint density at radius 1 is 1.06 bits per heavy atom. The average Bonchev–Trinajstić information content (AvgIpc) is 2.74. The Kier molecular flexibility index (Phi) is 2.24. The lowest BCUT2D eigenvalue weighted by atomic mass is 10.1. The number of nitrogens with zero attached hydrogens (tertiary/aromatic N) is 1. The Morgan fingerprint density at radius 3 is 2.47 bits per heavy atom. The van der Waals surface area contributed by atoms with Gasteiger partial charge in [0, 0.05) is 20.2 Å². The van der Waals surface area contributed by atoms with E-state index in [1.165, 1.54) is 15.5 Å². The highest BCUT2D eigenvalue weighted by Gasteiger charge is 2.06. The lowest BCUT2D eigenvalue weighted by Gasteiger charge is -1.98. The van der Waals surface area contributed by atoms with Gasteiger partial charge in [0.15, 0.2) is 0 Å². The highest BCUT2D eigenvalue weighted by atomic mass is 32.1. The number of hydrogen-bond acceptors (Lipinski definition) is 3. The topological polar surface area (TPSA) is 33.0 Å². The molecular formula is C14H9NOS. The van der Waals surface area contributed by atoms with Gasteiger partial charge >= 0.3 is 0 Å². The van der Waals surface area contributed by atoms with Crippen LogP contribution in [0.3, 0.4) is 0 Å². The fraction of sp³-hybridized carbons (Fsp3) is 0.0714. The standard InChI is InChI=1S/C14H9NOS/c1-16-10-3-5-12-11-4-2-9(8-15)6-13(11)17-14(12)7-10/h2-7H,1H3. The lowest BCUT2D eigenvalue weighted by Crippen LogP contribution is -1.79. The Morgan fingerprint density at radius 2 is 1.76 bits per heavy atom. The van der Waals surface area contributed by atoms with Crippen LogP contribution in [0.4, 0.5) is 0 Å².